The lowest BCUT2D eigenvalue weighted by molar-refractivity contribution is -0.941. The van der Waals surface area contributed by atoms with Crippen molar-refractivity contribution in [3.63, 3.8) is 0 Å². The van der Waals surface area contributed by atoms with Gasteiger partial charge in [0.05, 0.1) is 25.7 Å². The van der Waals surface area contributed by atoms with Gasteiger partial charge in [-0.25, -0.2) is 0 Å². The Bertz CT molecular complexity index is 176. The van der Waals surface area contributed by atoms with Crippen LogP contribution in [0.5, 0.6) is 0 Å². The number of hydrogen-bond acceptors (Lipinski definition) is 0. The largest absolute Gasteiger partial charge is 0.321 e. The molecule has 1 saturated heterocycles. The molecule has 1 heteroatoms. The van der Waals surface area contributed by atoms with Crippen LogP contribution < -0.4 is 0 Å². The first-order valence-corrected chi connectivity index (χ1v) is 5.49. The molecule has 1 aliphatic carbocycles. The lowest BCUT2D eigenvalue weighted by atomic mass is 10.0. The van der Waals surface area contributed by atoms with Crippen molar-refractivity contribution >= 4 is 0 Å². The Kier molecular flexibility index (Phi) is 1.95. The molecular weight excluding hydrogens is 146 g/mol. The topological polar surface area (TPSA) is 0 Å². The number of fused-ring (bicyclic) bond motifs is 1. The molecule has 70 valence electrons. The van der Waals surface area contributed by atoms with Gasteiger partial charge in [-0.05, 0) is 33.1 Å². The van der Waals surface area contributed by atoms with E-state index >= 15 is 0 Å². The first-order valence-electron chi connectivity index (χ1n) is 5.49. The van der Waals surface area contributed by atoms with E-state index in [2.05, 4.69) is 20.9 Å². The standard InChI is InChI=1S/C11H22N/c1-9(2)12(3)8-7-10-5-4-6-11(10)12/h9-11H,4-8H2,1-3H3/q+1. The third-order valence-corrected chi connectivity index (χ3v) is 4.54. The molecule has 0 bridgehead atoms. The van der Waals surface area contributed by atoms with Crippen molar-refractivity contribution in [2.75, 3.05) is 13.6 Å². The first kappa shape index (κ1) is 8.55. The highest BCUT2D eigenvalue weighted by atomic mass is 15.4. The number of hydrogen-bond donors (Lipinski definition) is 0. The zero-order chi connectivity index (χ0) is 8.77. The summed E-state index contributed by atoms with van der Waals surface area (Å²) in [6.07, 6.45) is 6.01. The van der Waals surface area contributed by atoms with Crippen LogP contribution in [0.2, 0.25) is 0 Å². The predicted octanol–water partition coefficient (Wildman–Crippen LogP) is 2.41. The smallest absolute Gasteiger partial charge is 0.0920 e. The second-order valence-electron chi connectivity index (χ2n) is 5.21. The van der Waals surface area contributed by atoms with Crippen LogP contribution in [0.15, 0.2) is 0 Å². The van der Waals surface area contributed by atoms with E-state index in [1.165, 1.54) is 36.7 Å². The minimum Gasteiger partial charge on any atom is -0.321 e. The summed E-state index contributed by atoms with van der Waals surface area (Å²) in [6, 6.07) is 1.85. The molecule has 0 radical (unpaired) electrons. The van der Waals surface area contributed by atoms with E-state index in [1.807, 2.05) is 0 Å². The molecule has 2 aliphatic rings. The van der Waals surface area contributed by atoms with Gasteiger partial charge in [0, 0.05) is 12.3 Å². The summed E-state index contributed by atoms with van der Waals surface area (Å²) >= 11 is 0. The number of nitrogens with zero attached hydrogens (tertiary/aromatic N) is 1. The maximum absolute atomic E-state index is 2.47. The highest BCUT2D eigenvalue weighted by Gasteiger charge is 2.48. The summed E-state index contributed by atoms with van der Waals surface area (Å²) in [6.45, 7) is 6.22. The van der Waals surface area contributed by atoms with Crippen molar-refractivity contribution in [2.24, 2.45) is 5.92 Å². The molecule has 0 amide bonds. The van der Waals surface area contributed by atoms with E-state index in [-0.39, 0.29) is 0 Å². The molecule has 3 atom stereocenters. The zero-order valence-corrected chi connectivity index (χ0v) is 8.71. The van der Waals surface area contributed by atoms with Gasteiger partial charge in [0.15, 0.2) is 0 Å². The fraction of sp³-hybridized carbons (Fsp3) is 1.00. The van der Waals surface area contributed by atoms with Crippen molar-refractivity contribution in [2.45, 2.75) is 51.6 Å². The van der Waals surface area contributed by atoms with E-state index < -0.39 is 0 Å². The molecule has 1 saturated carbocycles. The normalized spacial score (nSPS) is 47.0. The van der Waals surface area contributed by atoms with Gasteiger partial charge in [0.25, 0.3) is 0 Å². The molecule has 0 aromatic heterocycles. The van der Waals surface area contributed by atoms with Gasteiger partial charge >= 0.3 is 0 Å². The predicted molar refractivity (Wildman–Crippen MR) is 51.9 cm³/mol. The minimum atomic E-state index is 0.832. The third kappa shape index (κ3) is 1.02. The third-order valence-electron chi connectivity index (χ3n) is 4.54. The van der Waals surface area contributed by atoms with Crippen molar-refractivity contribution < 1.29 is 4.48 Å². The van der Waals surface area contributed by atoms with Crippen LogP contribution >= 0.6 is 0 Å². The molecule has 1 aliphatic heterocycles. The van der Waals surface area contributed by atoms with Crippen LogP contribution in [-0.2, 0) is 0 Å². The molecule has 2 fully saturated rings. The number of rotatable bonds is 1. The highest BCUT2D eigenvalue weighted by molar-refractivity contribution is 4.84. The highest BCUT2D eigenvalue weighted by Crippen LogP contribution is 2.42. The summed E-state index contributed by atoms with van der Waals surface area (Å²) < 4.78 is 1.37. The van der Waals surface area contributed by atoms with Crippen molar-refractivity contribution in [1.29, 1.82) is 0 Å². The lowest BCUT2D eigenvalue weighted by Gasteiger charge is -2.40. The lowest BCUT2D eigenvalue weighted by Crippen LogP contribution is -2.53. The van der Waals surface area contributed by atoms with Gasteiger partial charge in [0.1, 0.15) is 0 Å². The molecule has 2 rings (SSSR count). The van der Waals surface area contributed by atoms with Crippen LogP contribution in [0.1, 0.15) is 39.5 Å². The van der Waals surface area contributed by atoms with Gasteiger partial charge in [-0.1, -0.05) is 0 Å². The maximum atomic E-state index is 2.47. The van der Waals surface area contributed by atoms with Crippen LogP contribution in [0, 0.1) is 5.92 Å². The molecule has 1 heterocycles. The molecule has 0 aromatic carbocycles. The Balaban J connectivity index is 2.17. The Hall–Kier alpha value is -0.0400. The Morgan fingerprint density at radius 1 is 1.17 bits per heavy atom. The maximum Gasteiger partial charge on any atom is 0.0920 e. The van der Waals surface area contributed by atoms with Crippen molar-refractivity contribution in [3.05, 3.63) is 0 Å². The first-order chi connectivity index (χ1) is 5.64. The van der Waals surface area contributed by atoms with E-state index in [1.54, 1.807) is 0 Å². The molecule has 1 nitrogen and oxygen atoms in total. The van der Waals surface area contributed by atoms with Gasteiger partial charge in [-0.3, -0.25) is 0 Å². The van der Waals surface area contributed by atoms with E-state index in [4.69, 9.17) is 0 Å². The van der Waals surface area contributed by atoms with Crippen molar-refractivity contribution in [1.82, 2.24) is 0 Å². The summed E-state index contributed by atoms with van der Waals surface area (Å²) in [7, 11) is 2.47. The average molecular weight is 168 g/mol. The number of quaternary nitrogens is 1. The van der Waals surface area contributed by atoms with Gasteiger partial charge < -0.3 is 4.48 Å². The molecule has 0 spiro atoms. The van der Waals surface area contributed by atoms with Crippen LogP contribution in [-0.4, -0.2) is 30.2 Å². The molecule has 12 heavy (non-hydrogen) atoms. The Labute approximate surface area is 76.3 Å². The second kappa shape index (κ2) is 2.73. The average Bonchev–Trinajstić information content (AvgIpc) is 2.54. The minimum absolute atomic E-state index is 0.832. The van der Waals surface area contributed by atoms with E-state index in [0.29, 0.717) is 0 Å². The monoisotopic (exact) mass is 168 g/mol. The zero-order valence-electron chi connectivity index (χ0n) is 8.71. The van der Waals surface area contributed by atoms with Gasteiger partial charge in [-0.2, -0.15) is 0 Å². The molecular formula is C11H22N+. The van der Waals surface area contributed by atoms with E-state index in [0.717, 1.165) is 18.0 Å². The summed E-state index contributed by atoms with van der Waals surface area (Å²) in [5.74, 6) is 1.08. The van der Waals surface area contributed by atoms with Crippen LogP contribution in [0.4, 0.5) is 0 Å². The Morgan fingerprint density at radius 2 is 1.92 bits per heavy atom. The SMILES string of the molecule is CC(C)[N+]1(C)CCC2CCCC21. The van der Waals surface area contributed by atoms with Crippen LogP contribution in [0.25, 0.3) is 0 Å². The van der Waals surface area contributed by atoms with E-state index in [9.17, 15) is 0 Å². The molecule has 3 unspecified atom stereocenters. The quantitative estimate of drug-likeness (QED) is 0.527. The van der Waals surface area contributed by atoms with Gasteiger partial charge in [0.2, 0.25) is 0 Å². The molecule has 0 N–H and O–H groups in total. The summed E-state index contributed by atoms with van der Waals surface area (Å²) in [4.78, 5) is 0. The fourth-order valence-electron chi connectivity index (χ4n) is 3.38. The summed E-state index contributed by atoms with van der Waals surface area (Å²) in [5, 5.41) is 0. The fourth-order valence-corrected chi connectivity index (χ4v) is 3.38. The van der Waals surface area contributed by atoms with Crippen molar-refractivity contribution in [3.8, 4) is 0 Å². The second-order valence-corrected chi connectivity index (χ2v) is 5.21. The number of likely N-dealkylation sites (tertiary alicyclic amines) is 1. The summed E-state index contributed by atoms with van der Waals surface area (Å²) in [5.41, 5.74) is 0. The van der Waals surface area contributed by atoms with Gasteiger partial charge in [-0.15, -0.1) is 0 Å². The van der Waals surface area contributed by atoms with Crippen LogP contribution in [0.3, 0.4) is 0 Å². The molecule has 0 aromatic rings. The Morgan fingerprint density at radius 3 is 2.58 bits per heavy atom.